The van der Waals surface area contributed by atoms with Crippen molar-refractivity contribution in [2.24, 2.45) is 5.92 Å². The normalized spacial score (nSPS) is 19.3. The number of aromatic nitrogens is 1. The first-order valence-electron chi connectivity index (χ1n) is 12.3. The van der Waals surface area contributed by atoms with Crippen molar-refractivity contribution in [3.63, 3.8) is 0 Å². The number of hydrogen-bond acceptors (Lipinski definition) is 6. The lowest BCUT2D eigenvalue weighted by molar-refractivity contribution is -0.193. The quantitative estimate of drug-likeness (QED) is 0.487. The molecule has 16 heteroatoms. The minimum atomic E-state index is -5.08. The molecule has 5 rings (SSSR count). The third-order valence-corrected chi connectivity index (χ3v) is 9.41. The Kier molecular flexibility index (Phi) is 9.58. The molecule has 0 unspecified atom stereocenters. The molecule has 0 radical (unpaired) electrons. The van der Waals surface area contributed by atoms with Gasteiger partial charge in [-0.25, -0.2) is 18.0 Å². The van der Waals surface area contributed by atoms with E-state index in [1.807, 2.05) is 48.8 Å². The molecule has 2 fully saturated rings. The first-order valence-corrected chi connectivity index (χ1v) is 13.8. The number of carboxylic acid groups (broad SMARTS) is 2. The molecule has 41 heavy (non-hydrogen) atoms. The number of carbonyl (C=O) groups is 2. The van der Waals surface area contributed by atoms with Crippen molar-refractivity contribution in [3.8, 4) is 0 Å². The molecular formula is C25H27F6N3O6S. The van der Waals surface area contributed by atoms with Gasteiger partial charge in [0.25, 0.3) is 0 Å². The van der Waals surface area contributed by atoms with E-state index in [9.17, 15) is 34.8 Å². The number of para-hydroxylation sites is 1. The van der Waals surface area contributed by atoms with Gasteiger partial charge in [0.05, 0.1) is 5.69 Å². The van der Waals surface area contributed by atoms with Crippen LogP contribution in [0.4, 0.5) is 32.0 Å². The summed E-state index contributed by atoms with van der Waals surface area (Å²) in [6, 6.07) is 12.0. The van der Waals surface area contributed by atoms with Crippen molar-refractivity contribution in [2.75, 3.05) is 23.9 Å². The molecule has 9 nitrogen and oxygen atoms in total. The summed E-state index contributed by atoms with van der Waals surface area (Å²) in [5.41, 5.74) is 3.17. The number of pyridine rings is 1. The van der Waals surface area contributed by atoms with Gasteiger partial charge in [0.1, 0.15) is 4.75 Å². The van der Waals surface area contributed by atoms with Crippen molar-refractivity contribution >= 4 is 27.6 Å². The van der Waals surface area contributed by atoms with Crippen LogP contribution in [-0.2, 0) is 30.9 Å². The Balaban J connectivity index is 0.000000276. The molecule has 1 saturated carbocycles. The molecule has 2 aliphatic heterocycles. The number of anilines is 1. The van der Waals surface area contributed by atoms with Crippen molar-refractivity contribution in [2.45, 2.75) is 49.3 Å². The van der Waals surface area contributed by atoms with E-state index in [0.717, 1.165) is 43.7 Å². The molecule has 3 heterocycles. The van der Waals surface area contributed by atoms with Gasteiger partial charge in [-0.1, -0.05) is 18.2 Å². The minimum absolute atomic E-state index is 0.537. The molecule has 1 aromatic heterocycles. The summed E-state index contributed by atoms with van der Waals surface area (Å²) in [6.45, 7) is 3.11. The average Bonchev–Trinajstić information content (AvgIpc) is 3.70. The molecule has 1 spiro atoms. The van der Waals surface area contributed by atoms with Gasteiger partial charge >= 0.3 is 24.3 Å². The zero-order chi connectivity index (χ0) is 30.6. The van der Waals surface area contributed by atoms with E-state index >= 15 is 0 Å². The molecule has 0 atom stereocenters. The Hall–Kier alpha value is -3.40. The van der Waals surface area contributed by atoms with Gasteiger partial charge in [0.15, 0.2) is 0 Å². The molecule has 1 saturated heterocycles. The van der Waals surface area contributed by atoms with Crippen LogP contribution in [0.25, 0.3) is 0 Å². The lowest BCUT2D eigenvalue weighted by Crippen LogP contribution is -2.48. The Bertz CT molecular complexity index is 1300. The highest BCUT2D eigenvalue weighted by molar-refractivity contribution is 7.94. The molecular weight excluding hydrogens is 584 g/mol. The van der Waals surface area contributed by atoms with Gasteiger partial charge in [-0.05, 0) is 60.9 Å². The van der Waals surface area contributed by atoms with Crippen LogP contribution in [0, 0.1) is 5.92 Å². The summed E-state index contributed by atoms with van der Waals surface area (Å²) in [6.07, 6.45) is -2.90. The minimum Gasteiger partial charge on any atom is -0.475 e. The van der Waals surface area contributed by atoms with Crippen molar-refractivity contribution in [3.05, 3.63) is 59.9 Å². The zero-order valence-electron chi connectivity index (χ0n) is 21.4. The third-order valence-electron chi connectivity index (χ3n) is 6.87. The van der Waals surface area contributed by atoms with Crippen LogP contribution in [0.5, 0.6) is 0 Å². The Morgan fingerprint density at radius 2 is 1.39 bits per heavy atom. The highest BCUT2D eigenvalue weighted by Gasteiger charge is 2.57. The number of nitrogens with zero attached hydrogens (tertiary/aromatic N) is 3. The van der Waals surface area contributed by atoms with Crippen LogP contribution in [0.2, 0.25) is 0 Å². The Morgan fingerprint density at radius 3 is 1.85 bits per heavy atom. The number of rotatable bonds is 4. The van der Waals surface area contributed by atoms with E-state index in [0.29, 0.717) is 25.3 Å². The highest BCUT2D eigenvalue weighted by atomic mass is 32.2. The van der Waals surface area contributed by atoms with Crippen molar-refractivity contribution in [1.82, 2.24) is 9.88 Å². The Labute approximate surface area is 231 Å². The second kappa shape index (κ2) is 12.2. The van der Waals surface area contributed by atoms with E-state index in [-0.39, 0.29) is 0 Å². The first kappa shape index (κ1) is 32.1. The summed E-state index contributed by atoms with van der Waals surface area (Å²) in [4.78, 5) is 24.2. The largest absolute Gasteiger partial charge is 0.490 e. The van der Waals surface area contributed by atoms with Crippen LogP contribution in [-0.4, -0.2) is 72.4 Å². The molecule has 0 bridgehead atoms. The summed E-state index contributed by atoms with van der Waals surface area (Å²) in [5, 5.41) is 14.2. The fourth-order valence-electron chi connectivity index (χ4n) is 4.63. The van der Waals surface area contributed by atoms with Crippen LogP contribution >= 0.6 is 0 Å². The number of sulfonamides is 1. The van der Waals surface area contributed by atoms with E-state index in [1.54, 1.807) is 4.31 Å². The third kappa shape index (κ3) is 7.67. The zero-order valence-corrected chi connectivity index (χ0v) is 22.2. The monoisotopic (exact) mass is 611 g/mol. The van der Waals surface area contributed by atoms with Crippen LogP contribution in [0.1, 0.15) is 36.8 Å². The van der Waals surface area contributed by atoms with Gasteiger partial charge in [-0.15, -0.1) is 0 Å². The van der Waals surface area contributed by atoms with Gasteiger partial charge in [-0.3, -0.25) is 14.2 Å². The van der Waals surface area contributed by atoms with Gasteiger partial charge in [0, 0.05) is 38.6 Å². The number of piperidine rings is 1. The number of benzene rings is 1. The molecule has 226 valence electrons. The summed E-state index contributed by atoms with van der Waals surface area (Å²) in [7, 11) is -3.36. The predicted molar refractivity (Wildman–Crippen MR) is 133 cm³/mol. The fraction of sp³-hybridized carbons (Fsp3) is 0.480. The van der Waals surface area contributed by atoms with Crippen molar-refractivity contribution < 1.29 is 54.6 Å². The average molecular weight is 612 g/mol. The lowest BCUT2D eigenvalue weighted by Gasteiger charge is -2.39. The van der Waals surface area contributed by atoms with E-state index in [1.165, 1.54) is 5.56 Å². The lowest BCUT2D eigenvalue weighted by atomic mass is 9.87. The maximum Gasteiger partial charge on any atom is 0.490 e. The number of aliphatic carboxylic acids is 2. The molecule has 1 aromatic carbocycles. The molecule has 2 N–H and O–H groups in total. The summed E-state index contributed by atoms with van der Waals surface area (Å²) >= 11 is 0. The first-order chi connectivity index (χ1) is 19.0. The Morgan fingerprint density at radius 1 is 0.902 bits per heavy atom. The number of alkyl halides is 6. The SMILES string of the molecule is O=C(O)C(F)(F)F.O=C(O)C(F)(F)F.O=S1(=O)N(CC2CC2)c2ccccc2C12CCN(Cc1ccncc1)CC2. The van der Waals surface area contributed by atoms with Crippen molar-refractivity contribution in [1.29, 1.82) is 0 Å². The molecule has 0 amide bonds. The van der Waals surface area contributed by atoms with Gasteiger partial charge in [-0.2, -0.15) is 26.3 Å². The maximum absolute atomic E-state index is 13.7. The maximum atomic E-state index is 13.7. The molecule has 3 aliphatic rings. The van der Waals surface area contributed by atoms with Crippen LogP contribution in [0.3, 0.4) is 0 Å². The summed E-state index contributed by atoms with van der Waals surface area (Å²) < 4.78 is 91.8. The molecule has 2 aromatic rings. The topological polar surface area (TPSA) is 128 Å². The predicted octanol–water partition coefficient (Wildman–Crippen LogP) is 4.40. The highest BCUT2D eigenvalue weighted by Crippen LogP contribution is 2.53. The summed E-state index contributed by atoms with van der Waals surface area (Å²) in [5.74, 6) is -4.98. The number of hydrogen-bond donors (Lipinski definition) is 2. The van der Waals surface area contributed by atoms with Crippen LogP contribution in [0.15, 0.2) is 48.8 Å². The number of carboxylic acids is 2. The second-order valence-corrected chi connectivity index (χ2v) is 11.9. The number of fused-ring (bicyclic) bond motifs is 2. The van der Waals surface area contributed by atoms with E-state index < -0.39 is 39.1 Å². The van der Waals surface area contributed by atoms with Crippen LogP contribution < -0.4 is 4.31 Å². The smallest absolute Gasteiger partial charge is 0.475 e. The standard InChI is InChI=1S/C21H25N3O2S.2C2HF3O2/c25-27(26)21(9-13-23(14-10-21)15-18-7-11-22-12-8-18)19-3-1-2-4-20(19)24(27)16-17-5-6-17;2*3-2(4,5)1(6)7/h1-4,7-8,11-12,17H,5-6,9-10,13-16H2;2*(H,6,7). The van der Waals surface area contributed by atoms with E-state index in [4.69, 9.17) is 19.8 Å². The molecule has 1 aliphatic carbocycles. The second-order valence-electron chi connectivity index (χ2n) is 9.73. The number of halogens is 6. The van der Waals surface area contributed by atoms with E-state index in [2.05, 4.69) is 9.88 Å². The fourth-order valence-corrected chi connectivity index (χ4v) is 7.03. The van der Waals surface area contributed by atoms with Gasteiger partial charge < -0.3 is 10.2 Å². The van der Waals surface area contributed by atoms with Gasteiger partial charge in [0.2, 0.25) is 10.0 Å². The number of likely N-dealkylation sites (tertiary alicyclic amines) is 1.